The second kappa shape index (κ2) is 4.87. The molecule has 0 fully saturated rings. The number of amides is 2. The van der Waals surface area contributed by atoms with Crippen molar-refractivity contribution in [2.24, 2.45) is 0 Å². The number of likely N-dealkylation sites (N-methyl/N-ethyl adjacent to an activating group) is 1. The molecule has 1 N–H and O–H groups in total. The molecule has 90 valence electrons. The van der Waals surface area contributed by atoms with Gasteiger partial charge < -0.3 is 10.2 Å². The lowest BCUT2D eigenvalue weighted by Crippen LogP contribution is -2.42. The number of halogens is 1. The monoisotopic (exact) mass is 296 g/mol. The van der Waals surface area contributed by atoms with Gasteiger partial charge in [0.2, 0.25) is 11.8 Å². The van der Waals surface area contributed by atoms with Crippen LogP contribution in [0.25, 0.3) is 0 Å². The molecule has 5 heteroatoms. The minimum Gasteiger partial charge on any atom is -0.358 e. The van der Waals surface area contributed by atoms with Crippen LogP contribution in [0.1, 0.15) is 12.0 Å². The number of anilines is 1. The molecule has 4 nitrogen and oxygen atoms in total. The van der Waals surface area contributed by atoms with Crippen LogP contribution >= 0.6 is 15.9 Å². The first-order chi connectivity index (χ1) is 8.11. The average molecular weight is 297 g/mol. The predicted molar refractivity (Wildman–Crippen MR) is 68.9 cm³/mol. The molecule has 0 saturated carbocycles. The van der Waals surface area contributed by atoms with Crippen LogP contribution in [0.4, 0.5) is 5.69 Å². The van der Waals surface area contributed by atoms with Crippen molar-refractivity contribution in [1.29, 1.82) is 0 Å². The fourth-order valence-corrected chi connectivity index (χ4v) is 2.33. The van der Waals surface area contributed by atoms with Gasteiger partial charge in [-0.15, -0.1) is 0 Å². The van der Waals surface area contributed by atoms with Crippen molar-refractivity contribution in [1.82, 2.24) is 5.32 Å². The standard InChI is InChI=1S/C12H13BrN2O2/c1-14-11(16)7-15-10-4-3-9(13)6-8(10)2-5-12(15)17/h3-4,6H,2,5,7H2,1H3,(H,14,16). The normalized spacial score (nSPS) is 14.5. The van der Waals surface area contributed by atoms with E-state index in [1.165, 1.54) is 0 Å². The van der Waals surface area contributed by atoms with Crippen LogP contribution in [0.15, 0.2) is 22.7 Å². The molecule has 1 aromatic rings. The molecule has 0 unspecified atom stereocenters. The van der Waals surface area contributed by atoms with E-state index >= 15 is 0 Å². The van der Waals surface area contributed by atoms with Crippen molar-refractivity contribution < 1.29 is 9.59 Å². The summed E-state index contributed by atoms with van der Waals surface area (Å²) in [6.45, 7) is 0.0873. The van der Waals surface area contributed by atoms with Gasteiger partial charge in [-0.2, -0.15) is 0 Å². The first kappa shape index (κ1) is 12.1. The van der Waals surface area contributed by atoms with Gasteiger partial charge in [-0.05, 0) is 30.2 Å². The number of aryl methyl sites for hydroxylation is 1. The summed E-state index contributed by atoms with van der Waals surface area (Å²) in [5, 5.41) is 2.53. The number of carbonyl (C=O) groups excluding carboxylic acids is 2. The van der Waals surface area contributed by atoms with Crippen molar-refractivity contribution in [3.8, 4) is 0 Å². The van der Waals surface area contributed by atoms with E-state index < -0.39 is 0 Å². The van der Waals surface area contributed by atoms with Gasteiger partial charge in [0.25, 0.3) is 0 Å². The third kappa shape index (κ3) is 2.49. The van der Waals surface area contributed by atoms with Crippen LogP contribution < -0.4 is 10.2 Å². The van der Waals surface area contributed by atoms with Gasteiger partial charge in [0.15, 0.2) is 0 Å². The molecule has 0 radical (unpaired) electrons. The molecule has 1 aromatic carbocycles. The minimum absolute atomic E-state index is 0.00317. The lowest BCUT2D eigenvalue weighted by atomic mass is 10.0. The number of nitrogens with one attached hydrogen (secondary N) is 1. The highest BCUT2D eigenvalue weighted by molar-refractivity contribution is 9.10. The second-order valence-corrected chi connectivity index (χ2v) is 4.84. The minimum atomic E-state index is -0.158. The first-order valence-electron chi connectivity index (χ1n) is 5.41. The van der Waals surface area contributed by atoms with Crippen LogP contribution in [0.2, 0.25) is 0 Å². The van der Waals surface area contributed by atoms with Crippen LogP contribution in [0.5, 0.6) is 0 Å². The third-order valence-corrected chi connectivity index (χ3v) is 3.32. The molecule has 0 aliphatic carbocycles. The summed E-state index contributed by atoms with van der Waals surface area (Å²) in [6, 6.07) is 5.76. The second-order valence-electron chi connectivity index (χ2n) is 3.93. The molecule has 2 amide bonds. The molecule has 17 heavy (non-hydrogen) atoms. The van der Waals surface area contributed by atoms with Gasteiger partial charge in [-0.3, -0.25) is 9.59 Å². The van der Waals surface area contributed by atoms with E-state index in [-0.39, 0.29) is 18.4 Å². The van der Waals surface area contributed by atoms with Crippen LogP contribution in [-0.2, 0) is 16.0 Å². The highest BCUT2D eigenvalue weighted by atomic mass is 79.9. The molecule has 0 bridgehead atoms. The maximum atomic E-state index is 11.8. The summed E-state index contributed by atoms with van der Waals surface area (Å²) in [7, 11) is 1.57. The van der Waals surface area contributed by atoms with Crippen LogP contribution in [0.3, 0.4) is 0 Å². The van der Waals surface area contributed by atoms with Gasteiger partial charge in [-0.1, -0.05) is 15.9 Å². The molecule has 0 atom stereocenters. The number of carbonyl (C=O) groups is 2. The van der Waals surface area contributed by atoms with Crippen LogP contribution in [-0.4, -0.2) is 25.4 Å². The highest BCUT2D eigenvalue weighted by Gasteiger charge is 2.25. The largest absolute Gasteiger partial charge is 0.358 e. The number of rotatable bonds is 2. The number of hydrogen-bond acceptors (Lipinski definition) is 2. The van der Waals surface area contributed by atoms with Gasteiger partial charge in [-0.25, -0.2) is 0 Å². The Kier molecular flexibility index (Phi) is 3.47. The Hall–Kier alpha value is -1.36. The van der Waals surface area contributed by atoms with E-state index in [2.05, 4.69) is 21.2 Å². The lowest BCUT2D eigenvalue weighted by Gasteiger charge is -2.28. The molecule has 1 heterocycles. The number of benzene rings is 1. The molecule has 0 saturated heterocycles. The summed E-state index contributed by atoms with van der Waals surface area (Å²) >= 11 is 3.41. The number of fused-ring (bicyclic) bond motifs is 1. The third-order valence-electron chi connectivity index (χ3n) is 2.82. The lowest BCUT2D eigenvalue weighted by molar-refractivity contribution is -0.123. The molecule has 1 aliphatic heterocycles. The van der Waals surface area contributed by atoms with E-state index in [1.807, 2.05) is 18.2 Å². The molecule has 0 spiro atoms. The van der Waals surface area contributed by atoms with E-state index in [1.54, 1.807) is 11.9 Å². The van der Waals surface area contributed by atoms with Gasteiger partial charge >= 0.3 is 0 Å². The van der Waals surface area contributed by atoms with Gasteiger partial charge in [0.1, 0.15) is 6.54 Å². The van der Waals surface area contributed by atoms with Crippen molar-refractivity contribution in [3.63, 3.8) is 0 Å². The zero-order valence-electron chi connectivity index (χ0n) is 9.50. The Morgan fingerprint density at radius 3 is 2.94 bits per heavy atom. The van der Waals surface area contributed by atoms with E-state index in [9.17, 15) is 9.59 Å². The van der Waals surface area contributed by atoms with Crippen molar-refractivity contribution >= 4 is 33.4 Å². The Bertz CT molecular complexity index is 474. The maximum Gasteiger partial charge on any atom is 0.239 e. The fraction of sp³-hybridized carbons (Fsp3) is 0.333. The summed E-state index contributed by atoms with van der Waals surface area (Å²) in [5.74, 6) is -0.155. The summed E-state index contributed by atoms with van der Waals surface area (Å²) < 4.78 is 0.991. The number of nitrogens with zero attached hydrogens (tertiary/aromatic N) is 1. The van der Waals surface area contributed by atoms with E-state index in [0.29, 0.717) is 6.42 Å². The molecular formula is C12H13BrN2O2. The Morgan fingerprint density at radius 1 is 1.47 bits per heavy atom. The summed E-state index contributed by atoms with van der Waals surface area (Å²) in [6.07, 6.45) is 1.19. The highest BCUT2D eigenvalue weighted by Crippen LogP contribution is 2.30. The van der Waals surface area contributed by atoms with Gasteiger partial charge in [0.05, 0.1) is 0 Å². The quantitative estimate of drug-likeness (QED) is 0.899. The predicted octanol–water partition coefficient (Wildman–Crippen LogP) is 1.47. The van der Waals surface area contributed by atoms with Gasteiger partial charge in [0, 0.05) is 23.6 Å². The zero-order chi connectivity index (χ0) is 12.4. The Labute approximate surface area is 108 Å². The van der Waals surface area contributed by atoms with Crippen molar-refractivity contribution in [3.05, 3.63) is 28.2 Å². The first-order valence-corrected chi connectivity index (χ1v) is 6.20. The molecule has 2 rings (SSSR count). The fourth-order valence-electron chi connectivity index (χ4n) is 1.92. The van der Waals surface area contributed by atoms with E-state index in [0.717, 1.165) is 22.1 Å². The van der Waals surface area contributed by atoms with Crippen LogP contribution in [0, 0.1) is 0 Å². The smallest absolute Gasteiger partial charge is 0.239 e. The summed E-state index contributed by atoms with van der Waals surface area (Å²) in [4.78, 5) is 24.8. The molecule has 1 aliphatic rings. The average Bonchev–Trinajstić information content (AvgIpc) is 2.32. The zero-order valence-corrected chi connectivity index (χ0v) is 11.1. The topological polar surface area (TPSA) is 49.4 Å². The number of hydrogen-bond donors (Lipinski definition) is 1. The SMILES string of the molecule is CNC(=O)CN1C(=O)CCc2cc(Br)ccc21. The Morgan fingerprint density at radius 2 is 2.24 bits per heavy atom. The molecule has 0 aromatic heterocycles. The van der Waals surface area contributed by atoms with E-state index in [4.69, 9.17) is 0 Å². The van der Waals surface area contributed by atoms with Crippen molar-refractivity contribution in [2.75, 3.05) is 18.5 Å². The maximum absolute atomic E-state index is 11.8. The Balaban J connectivity index is 2.33. The summed E-state index contributed by atoms with van der Waals surface area (Å²) in [5.41, 5.74) is 1.94. The molecular weight excluding hydrogens is 284 g/mol. The van der Waals surface area contributed by atoms with Crippen molar-refractivity contribution in [2.45, 2.75) is 12.8 Å².